The van der Waals surface area contributed by atoms with Crippen molar-refractivity contribution in [3.63, 3.8) is 0 Å². The maximum Gasteiger partial charge on any atom is 0.332 e. The van der Waals surface area contributed by atoms with E-state index < -0.39 is 5.60 Å². The zero-order valence-corrected chi connectivity index (χ0v) is 21.0. The van der Waals surface area contributed by atoms with E-state index in [0.29, 0.717) is 12.2 Å². The van der Waals surface area contributed by atoms with Crippen molar-refractivity contribution in [1.82, 2.24) is 5.32 Å². The van der Waals surface area contributed by atoms with Crippen molar-refractivity contribution in [3.8, 4) is 0 Å². The molecule has 1 aliphatic rings. The van der Waals surface area contributed by atoms with Gasteiger partial charge in [-0.15, -0.1) is 0 Å². The fourth-order valence-electron chi connectivity index (χ4n) is 4.91. The minimum absolute atomic E-state index is 0.00514. The highest BCUT2D eigenvalue weighted by Crippen LogP contribution is 2.53. The van der Waals surface area contributed by atoms with E-state index in [-0.39, 0.29) is 35.4 Å². The van der Waals surface area contributed by atoms with Crippen LogP contribution >= 0.6 is 0 Å². The number of carbonyl (C=O) groups excluding carboxylic acids is 2. The molecule has 0 saturated heterocycles. The number of esters is 1. The summed E-state index contributed by atoms with van der Waals surface area (Å²) >= 11 is 0. The number of ether oxygens (including phenoxy) is 2. The quantitative estimate of drug-likeness (QED) is 0.362. The number of hydrogen-bond donors (Lipinski definition) is 2. The van der Waals surface area contributed by atoms with Crippen LogP contribution in [0.3, 0.4) is 0 Å². The molecule has 6 heteroatoms. The Morgan fingerprint density at radius 2 is 1.62 bits per heavy atom. The number of nitrogens with one attached hydrogen (secondary N) is 2. The summed E-state index contributed by atoms with van der Waals surface area (Å²) in [5.41, 5.74) is 1.50. The molecule has 0 spiro atoms. The first kappa shape index (κ1) is 26.2. The first-order valence-corrected chi connectivity index (χ1v) is 11.7. The molecule has 0 radical (unpaired) electrons. The summed E-state index contributed by atoms with van der Waals surface area (Å²) < 4.78 is 10.6. The van der Waals surface area contributed by atoms with Crippen LogP contribution in [0, 0.1) is 10.8 Å². The molecule has 2 N–H and O–H groups in total. The van der Waals surface area contributed by atoms with Gasteiger partial charge >= 0.3 is 5.97 Å². The smallest absolute Gasteiger partial charge is 0.332 e. The summed E-state index contributed by atoms with van der Waals surface area (Å²) in [6.45, 7) is 15.8. The van der Waals surface area contributed by atoms with Crippen LogP contribution in [-0.2, 0) is 14.3 Å². The Bertz CT molecular complexity index is 749. The third kappa shape index (κ3) is 8.12. The summed E-state index contributed by atoms with van der Waals surface area (Å²) in [4.78, 5) is 24.2. The van der Waals surface area contributed by atoms with Gasteiger partial charge in [0, 0.05) is 30.4 Å². The van der Waals surface area contributed by atoms with Crippen molar-refractivity contribution in [2.24, 2.45) is 10.8 Å². The monoisotopic (exact) mass is 446 g/mol. The maximum absolute atomic E-state index is 12.7. The van der Waals surface area contributed by atoms with Gasteiger partial charge in [0.25, 0.3) is 5.91 Å². The van der Waals surface area contributed by atoms with E-state index in [9.17, 15) is 9.59 Å². The number of hydrogen-bond acceptors (Lipinski definition) is 5. The van der Waals surface area contributed by atoms with Crippen molar-refractivity contribution in [3.05, 3.63) is 29.8 Å². The van der Waals surface area contributed by atoms with Gasteiger partial charge in [0.2, 0.25) is 0 Å². The standard InChI is InChI=1S/C26H42N2O4/c1-24(2,3)32-21(29)17-31-16-10-8-9-15-27-20-13-11-19(12-14-20)22(30)28-23-25(4,5)18-26(23,6)7/h11-14,23,27H,8-10,15-18H2,1-7H3,(H,28,30). The lowest BCUT2D eigenvalue weighted by Crippen LogP contribution is -2.63. The highest BCUT2D eigenvalue weighted by molar-refractivity contribution is 5.94. The molecule has 32 heavy (non-hydrogen) atoms. The third-order valence-electron chi connectivity index (χ3n) is 5.83. The van der Waals surface area contributed by atoms with Gasteiger partial charge in [0.15, 0.2) is 0 Å². The lowest BCUT2D eigenvalue weighted by molar-refractivity contribution is -0.160. The lowest BCUT2D eigenvalue weighted by Gasteiger charge is -2.57. The average Bonchev–Trinajstić information content (AvgIpc) is 2.66. The maximum atomic E-state index is 12.7. The molecule has 0 atom stereocenters. The van der Waals surface area contributed by atoms with Crippen LogP contribution in [0.25, 0.3) is 0 Å². The molecule has 0 aliphatic heterocycles. The summed E-state index contributed by atoms with van der Waals surface area (Å²) in [5.74, 6) is -0.329. The van der Waals surface area contributed by atoms with Crippen LogP contribution in [0.2, 0.25) is 0 Å². The Morgan fingerprint density at radius 1 is 1.00 bits per heavy atom. The summed E-state index contributed by atoms with van der Waals surface area (Å²) in [6.07, 6.45) is 4.03. The minimum atomic E-state index is -0.474. The van der Waals surface area contributed by atoms with Gasteiger partial charge in [-0.25, -0.2) is 4.79 Å². The van der Waals surface area contributed by atoms with E-state index in [2.05, 4.69) is 38.3 Å². The molecule has 180 valence electrons. The van der Waals surface area contributed by atoms with Crippen LogP contribution in [0.1, 0.15) is 84.5 Å². The number of unbranched alkanes of at least 4 members (excludes halogenated alkanes) is 2. The number of anilines is 1. The fraction of sp³-hybridized carbons (Fsp3) is 0.692. The topological polar surface area (TPSA) is 76.7 Å². The molecule has 6 nitrogen and oxygen atoms in total. The molecule has 2 rings (SSSR count). The number of carbonyl (C=O) groups is 2. The summed E-state index contributed by atoms with van der Waals surface area (Å²) in [6, 6.07) is 7.85. The van der Waals surface area contributed by atoms with E-state index >= 15 is 0 Å². The predicted molar refractivity (Wildman–Crippen MR) is 129 cm³/mol. The van der Waals surface area contributed by atoms with Gasteiger partial charge in [-0.1, -0.05) is 27.7 Å². The first-order valence-electron chi connectivity index (χ1n) is 11.7. The first-order chi connectivity index (χ1) is 14.8. The molecule has 1 aliphatic carbocycles. The van der Waals surface area contributed by atoms with E-state index in [1.165, 1.54) is 0 Å². The molecule has 0 aromatic heterocycles. The second-order valence-electron chi connectivity index (χ2n) is 11.3. The van der Waals surface area contributed by atoms with E-state index in [1.807, 2.05) is 45.0 Å². The van der Waals surface area contributed by atoms with Gasteiger partial charge < -0.3 is 20.1 Å². The molecule has 0 bridgehead atoms. The Labute approximate surface area is 193 Å². The van der Waals surface area contributed by atoms with Gasteiger partial charge in [-0.3, -0.25) is 4.79 Å². The number of benzene rings is 1. The molecule has 1 saturated carbocycles. The Balaban J connectivity index is 1.60. The van der Waals surface area contributed by atoms with Crippen molar-refractivity contribution in [2.45, 2.75) is 85.8 Å². The molecule has 1 fully saturated rings. The van der Waals surface area contributed by atoms with Crippen LogP contribution < -0.4 is 10.6 Å². The van der Waals surface area contributed by atoms with Gasteiger partial charge in [-0.05, 0) is 81.5 Å². The van der Waals surface area contributed by atoms with Crippen LogP contribution in [0.4, 0.5) is 5.69 Å². The minimum Gasteiger partial charge on any atom is -0.458 e. The Kier molecular flexibility index (Phi) is 8.74. The zero-order valence-electron chi connectivity index (χ0n) is 21.0. The molecule has 1 aromatic rings. The zero-order chi connectivity index (χ0) is 24.0. The predicted octanol–water partition coefficient (Wildman–Crippen LogP) is 5.18. The second kappa shape index (κ2) is 10.7. The molecular formula is C26H42N2O4. The number of amides is 1. The average molecular weight is 447 g/mol. The van der Waals surface area contributed by atoms with Gasteiger partial charge in [-0.2, -0.15) is 0 Å². The number of rotatable bonds is 11. The van der Waals surface area contributed by atoms with E-state index in [1.54, 1.807) is 0 Å². The summed E-state index contributed by atoms with van der Waals surface area (Å²) in [7, 11) is 0. The lowest BCUT2D eigenvalue weighted by atomic mass is 9.52. The highest BCUT2D eigenvalue weighted by atomic mass is 16.6. The molecular weight excluding hydrogens is 404 g/mol. The normalized spacial score (nSPS) is 17.3. The second-order valence-corrected chi connectivity index (χ2v) is 11.3. The highest BCUT2D eigenvalue weighted by Gasteiger charge is 2.53. The van der Waals surface area contributed by atoms with Crippen LogP contribution in [0.5, 0.6) is 0 Å². The molecule has 1 aromatic carbocycles. The summed E-state index contributed by atoms with van der Waals surface area (Å²) in [5, 5.41) is 6.62. The van der Waals surface area contributed by atoms with Crippen molar-refractivity contribution < 1.29 is 19.1 Å². The Morgan fingerprint density at radius 3 is 2.19 bits per heavy atom. The van der Waals surface area contributed by atoms with E-state index in [0.717, 1.165) is 37.9 Å². The fourth-order valence-corrected chi connectivity index (χ4v) is 4.91. The Hall–Kier alpha value is -2.08. The third-order valence-corrected chi connectivity index (χ3v) is 5.83. The van der Waals surface area contributed by atoms with Crippen LogP contribution in [0.15, 0.2) is 24.3 Å². The largest absolute Gasteiger partial charge is 0.458 e. The molecule has 0 unspecified atom stereocenters. The van der Waals surface area contributed by atoms with Gasteiger partial charge in [0.05, 0.1) is 0 Å². The van der Waals surface area contributed by atoms with E-state index in [4.69, 9.17) is 9.47 Å². The molecule has 0 heterocycles. The van der Waals surface area contributed by atoms with Crippen molar-refractivity contribution in [2.75, 3.05) is 25.1 Å². The van der Waals surface area contributed by atoms with Crippen LogP contribution in [-0.4, -0.2) is 43.3 Å². The van der Waals surface area contributed by atoms with Crippen molar-refractivity contribution >= 4 is 17.6 Å². The van der Waals surface area contributed by atoms with Crippen molar-refractivity contribution in [1.29, 1.82) is 0 Å². The SMILES string of the molecule is CC(C)(C)OC(=O)COCCCCCNc1ccc(C(=O)NC2C(C)(C)CC2(C)C)cc1. The molecule has 1 amide bonds. The van der Waals surface area contributed by atoms with Gasteiger partial charge in [0.1, 0.15) is 12.2 Å².